The largest absolute Gasteiger partial charge is 0.399 e. The van der Waals surface area contributed by atoms with E-state index in [1.807, 2.05) is 24.3 Å². The first kappa shape index (κ1) is 13.9. The number of carbonyl (C=O) groups excluding carboxylic acids is 2. The third-order valence-electron chi connectivity index (χ3n) is 4.40. The zero-order valence-electron chi connectivity index (χ0n) is 12.1. The van der Waals surface area contributed by atoms with Gasteiger partial charge in [0, 0.05) is 18.8 Å². The van der Waals surface area contributed by atoms with Crippen LogP contribution in [-0.2, 0) is 16.0 Å². The van der Waals surface area contributed by atoms with Crippen molar-refractivity contribution < 1.29 is 9.59 Å². The molecular weight excluding hydrogens is 266 g/mol. The van der Waals surface area contributed by atoms with Gasteiger partial charge in [-0.15, -0.1) is 0 Å². The fourth-order valence-corrected chi connectivity index (χ4v) is 3.17. The molecule has 0 aliphatic carbocycles. The molecule has 2 heterocycles. The molecule has 2 aliphatic heterocycles. The number of piperazine rings is 1. The topological polar surface area (TPSA) is 66.6 Å². The van der Waals surface area contributed by atoms with Crippen molar-refractivity contribution in [2.24, 2.45) is 0 Å². The summed E-state index contributed by atoms with van der Waals surface area (Å²) in [7, 11) is 0. The number of nitrogens with zero attached hydrogens (tertiary/aromatic N) is 2. The summed E-state index contributed by atoms with van der Waals surface area (Å²) in [6.07, 6.45) is 3.61. The Morgan fingerprint density at radius 3 is 2.67 bits per heavy atom. The van der Waals surface area contributed by atoms with Crippen LogP contribution in [0.3, 0.4) is 0 Å². The van der Waals surface area contributed by atoms with Crippen LogP contribution in [0.2, 0.25) is 0 Å². The molecule has 0 saturated carbocycles. The van der Waals surface area contributed by atoms with Crippen LogP contribution in [0.4, 0.5) is 5.69 Å². The first-order valence-corrected chi connectivity index (χ1v) is 7.58. The zero-order valence-corrected chi connectivity index (χ0v) is 12.1. The number of anilines is 1. The van der Waals surface area contributed by atoms with Gasteiger partial charge in [-0.2, -0.15) is 0 Å². The summed E-state index contributed by atoms with van der Waals surface area (Å²) >= 11 is 0. The van der Waals surface area contributed by atoms with E-state index in [-0.39, 0.29) is 24.4 Å². The maximum atomic E-state index is 12.5. The molecule has 0 radical (unpaired) electrons. The van der Waals surface area contributed by atoms with Crippen molar-refractivity contribution >= 4 is 17.5 Å². The van der Waals surface area contributed by atoms with E-state index in [1.165, 1.54) is 0 Å². The second kappa shape index (κ2) is 5.76. The highest BCUT2D eigenvalue weighted by molar-refractivity contribution is 5.95. The lowest BCUT2D eigenvalue weighted by Crippen LogP contribution is -2.61. The normalized spacial score (nSPS) is 22.4. The molecule has 112 valence electrons. The number of piperidine rings is 1. The molecule has 5 nitrogen and oxygen atoms in total. The highest BCUT2D eigenvalue weighted by Gasteiger charge is 2.39. The molecular formula is C16H21N3O2. The van der Waals surface area contributed by atoms with Crippen molar-refractivity contribution in [2.75, 3.05) is 25.4 Å². The monoisotopic (exact) mass is 287 g/mol. The van der Waals surface area contributed by atoms with E-state index in [9.17, 15) is 9.59 Å². The lowest BCUT2D eigenvalue weighted by molar-refractivity contribution is -0.157. The third kappa shape index (κ3) is 2.86. The average Bonchev–Trinajstić information content (AvgIpc) is 2.51. The van der Waals surface area contributed by atoms with Gasteiger partial charge in [0.05, 0.1) is 6.54 Å². The first-order valence-electron chi connectivity index (χ1n) is 7.58. The summed E-state index contributed by atoms with van der Waals surface area (Å²) in [6, 6.07) is 7.45. The molecule has 1 aromatic rings. The average molecular weight is 287 g/mol. The lowest BCUT2D eigenvalue weighted by Gasteiger charge is -2.42. The summed E-state index contributed by atoms with van der Waals surface area (Å²) in [6.45, 7) is 1.56. The minimum Gasteiger partial charge on any atom is -0.399 e. The van der Waals surface area contributed by atoms with Crippen molar-refractivity contribution in [3.63, 3.8) is 0 Å². The molecule has 2 fully saturated rings. The quantitative estimate of drug-likeness (QED) is 0.845. The van der Waals surface area contributed by atoms with Crippen LogP contribution in [0, 0.1) is 0 Å². The first-order chi connectivity index (χ1) is 10.1. The van der Waals surface area contributed by atoms with E-state index in [0.717, 1.165) is 43.5 Å². The molecule has 0 spiro atoms. The number of carbonyl (C=O) groups is 2. The Labute approximate surface area is 124 Å². The number of rotatable bonds is 3. The summed E-state index contributed by atoms with van der Waals surface area (Å²) in [5.41, 5.74) is 7.54. The fourth-order valence-electron chi connectivity index (χ4n) is 3.17. The number of hydrogen-bond donors (Lipinski definition) is 1. The summed E-state index contributed by atoms with van der Waals surface area (Å²) in [5.74, 6) is 0.210. The summed E-state index contributed by atoms with van der Waals surface area (Å²) < 4.78 is 0. The van der Waals surface area contributed by atoms with Crippen LogP contribution >= 0.6 is 0 Å². The van der Waals surface area contributed by atoms with Gasteiger partial charge in [-0.05, 0) is 43.4 Å². The van der Waals surface area contributed by atoms with Crippen LogP contribution in [-0.4, -0.2) is 47.3 Å². The maximum Gasteiger partial charge on any atom is 0.245 e. The summed E-state index contributed by atoms with van der Waals surface area (Å²) in [5, 5.41) is 0. The van der Waals surface area contributed by atoms with E-state index in [0.29, 0.717) is 6.54 Å². The number of nitrogen functional groups attached to an aromatic ring is 1. The van der Waals surface area contributed by atoms with Crippen LogP contribution < -0.4 is 5.73 Å². The minimum atomic E-state index is -0.216. The maximum absolute atomic E-state index is 12.5. The third-order valence-corrected chi connectivity index (χ3v) is 4.40. The van der Waals surface area contributed by atoms with Crippen LogP contribution in [0.25, 0.3) is 0 Å². The van der Waals surface area contributed by atoms with Gasteiger partial charge < -0.3 is 15.5 Å². The Hall–Kier alpha value is -2.04. The van der Waals surface area contributed by atoms with Gasteiger partial charge in [-0.3, -0.25) is 9.59 Å². The molecule has 2 saturated heterocycles. The van der Waals surface area contributed by atoms with E-state index in [2.05, 4.69) is 0 Å². The molecule has 1 unspecified atom stereocenters. The molecule has 1 aromatic carbocycles. The van der Waals surface area contributed by atoms with Gasteiger partial charge in [0.1, 0.15) is 6.04 Å². The van der Waals surface area contributed by atoms with Crippen molar-refractivity contribution in [1.29, 1.82) is 0 Å². The molecule has 1 atom stereocenters. The van der Waals surface area contributed by atoms with Crippen LogP contribution in [0.1, 0.15) is 24.8 Å². The molecule has 3 rings (SSSR count). The predicted octanol–water partition coefficient (Wildman–Crippen LogP) is 1.03. The van der Waals surface area contributed by atoms with Crippen molar-refractivity contribution in [1.82, 2.24) is 9.80 Å². The minimum absolute atomic E-state index is 0.0941. The molecule has 0 bridgehead atoms. The fraction of sp³-hybridized carbons (Fsp3) is 0.500. The number of hydrogen-bond acceptors (Lipinski definition) is 3. The Bertz CT molecular complexity index is 541. The Morgan fingerprint density at radius 1 is 1.14 bits per heavy atom. The van der Waals surface area contributed by atoms with Gasteiger partial charge >= 0.3 is 0 Å². The lowest BCUT2D eigenvalue weighted by atomic mass is 9.98. The Morgan fingerprint density at radius 2 is 1.90 bits per heavy atom. The molecule has 21 heavy (non-hydrogen) atoms. The highest BCUT2D eigenvalue weighted by Crippen LogP contribution is 2.23. The molecule has 5 heteroatoms. The molecule has 2 N–H and O–H groups in total. The second-order valence-electron chi connectivity index (χ2n) is 5.85. The van der Waals surface area contributed by atoms with Crippen molar-refractivity contribution in [2.45, 2.75) is 31.7 Å². The number of amides is 2. The van der Waals surface area contributed by atoms with Gasteiger partial charge in [0.2, 0.25) is 11.8 Å². The van der Waals surface area contributed by atoms with Gasteiger partial charge in [0.15, 0.2) is 0 Å². The van der Waals surface area contributed by atoms with E-state index < -0.39 is 0 Å². The van der Waals surface area contributed by atoms with Crippen molar-refractivity contribution in [3.05, 3.63) is 29.8 Å². The Balaban J connectivity index is 1.64. The van der Waals surface area contributed by atoms with E-state index >= 15 is 0 Å². The van der Waals surface area contributed by atoms with Gasteiger partial charge in [-0.1, -0.05) is 12.1 Å². The Kier molecular flexibility index (Phi) is 3.82. The van der Waals surface area contributed by atoms with Crippen LogP contribution in [0.5, 0.6) is 0 Å². The van der Waals surface area contributed by atoms with Crippen LogP contribution in [0.15, 0.2) is 24.3 Å². The second-order valence-corrected chi connectivity index (χ2v) is 5.85. The van der Waals surface area contributed by atoms with Gasteiger partial charge in [-0.25, -0.2) is 0 Å². The van der Waals surface area contributed by atoms with Gasteiger partial charge in [0.25, 0.3) is 0 Å². The molecule has 2 aliphatic rings. The molecule has 0 aromatic heterocycles. The number of benzene rings is 1. The number of fused-ring (bicyclic) bond motifs is 1. The number of nitrogens with two attached hydrogens (primary N) is 1. The standard InChI is InChI=1S/C16H21N3O2/c17-13-6-4-12(5-7-13)8-10-18-11-15(20)19-9-2-1-3-14(19)16(18)21/h4-7,14H,1-3,8-11,17H2. The summed E-state index contributed by atoms with van der Waals surface area (Å²) in [4.78, 5) is 28.1. The molecule has 2 amide bonds. The SMILES string of the molecule is Nc1ccc(CCN2CC(=O)N3CCCCC3C2=O)cc1. The van der Waals surface area contributed by atoms with E-state index in [1.54, 1.807) is 9.80 Å². The smallest absolute Gasteiger partial charge is 0.245 e. The highest BCUT2D eigenvalue weighted by atomic mass is 16.2. The zero-order chi connectivity index (χ0) is 14.8. The van der Waals surface area contributed by atoms with E-state index in [4.69, 9.17) is 5.73 Å². The predicted molar refractivity (Wildman–Crippen MR) is 80.5 cm³/mol. The van der Waals surface area contributed by atoms with Crippen molar-refractivity contribution in [3.8, 4) is 0 Å².